The van der Waals surface area contributed by atoms with Crippen LogP contribution in [0.15, 0.2) is 6.20 Å². The standard InChI is InChI=1S/C10H15N3O2S/c1-11-10(15)7-6-12-8(16-7)4-5-9(14)13(2)3/h6H,4-5H2,1-3H3,(H,11,15). The van der Waals surface area contributed by atoms with Crippen LogP contribution in [0.4, 0.5) is 0 Å². The van der Waals surface area contributed by atoms with E-state index in [-0.39, 0.29) is 11.8 Å². The Kier molecular flexibility index (Phi) is 4.42. The van der Waals surface area contributed by atoms with Gasteiger partial charge in [0.1, 0.15) is 4.88 Å². The van der Waals surface area contributed by atoms with Crippen LogP contribution in [0.5, 0.6) is 0 Å². The van der Waals surface area contributed by atoms with E-state index in [1.165, 1.54) is 11.3 Å². The van der Waals surface area contributed by atoms with Gasteiger partial charge in [-0.1, -0.05) is 0 Å². The molecule has 0 aliphatic rings. The maximum absolute atomic E-state index is 11.3. The molecule has 0 fully saturated rings. The molecule has 16 heavy (non-hydrogen) atoms. The van der Waals surface area contributed by atoms with Crippen LogP contribution in [-0.4, -0.2) is 42.8 Å². The van der Waals surface area contributed by atoms with Crippen LogP contribution >= 0.6 is 11.3 Å². The highest BCUT2D eigenvalue weighted by Gasteiger charge is 2.10. The van der Waals surface area contributed by atoms with Gasteiger partial charge < -0.3 is 10.2 Å². The predicted molar refractivity (Wildman–Crippen MR) is 62.5 cm³/mol. The third kappa shape index (κ3) is 3.30. The first-order chi connectivity index (χ1) is 7.54. The predicted octanol–water partition coefficient (Wildman–Crippen LogP) is 0.523. The molecule has 0 radical (unpaired) electrons. The average molecular weight is 241 g/mol. The summed E-state index contributed by atoms with van der Waals surface area (Å²) in [5.41, 5.74) is 0. The van der Waals surface area contributed by atoms with E-state index >= 15 is 0 Å². The Morgan fingerprint density at radius 2 is 2.19 bits per heavy atom. The molecule has 88 valence electrons. The van der Waals surface area contributed by atoms with E-state index in [9.17, 15) is 9.59 Å². The van der Waals surface area contributed by atoms with Gasteiger partial charge in [-0.2, -0.15) is 0 Å². The number of hydrogen-bond donors (Lipinski definition) is 1. The molecule has 0 saturated carbocycles. The SMILES string of the molecule is CNC(=O)c1cnc(CCC(=O)N(C)C)s1. The second-order valence-electron chi connectivity index (χ2n) is 3.49. The Labute approximate surface area is 98.5 Å². The minimum atomic E-state index is -0.136. The van der Waals surface area contributed by atoms with Crippen LogP contribution in [0.3, 0.4) is 0 Å². The first-order valence-corrected chi connectivity index (χ1v) is 5.73. The molecule has 0 unspecified atom stereocenters. The molecule has 0 atom stereocenters. The highest BCUT2D eigenvalue weighted by molar-refractivity contribution is 7.13. The van der Waals surface area contributed by atoms with E-state index in [2.05, 4.69) is 10.3 Å². The lowest BCUT2D eigenvalue weighted by Gasteiger charge is -2.08. The van der Waals surface area contributed by atoms with Gasteiger partial charge in [0, 0.05) is 34.0 Å². The third-order valence-corrected chi connectivity index (χ3v) is 3.11. The zero-order valence-corrected chi connectivity index (χ0v) is 10.4. The number of aryl methyl sites for hydroxylation is 1. The number of aromatic nitrogens is 1. The molecular weight excluding hydrogens is 226 g/mol. The van der Waals surface area contributed by atoms with E-state index in [0.717, 1.165) is 5.01 Å². The van der Waals surface area contributed by atoms with Crippen molar-refractivity contribution in [2.75, 3.05) is 21.1 Å². The van der Waals surface area contributed by atoms with E-state index in [1.807, 2.05) is 0 Å². The highest BCUT2D eigenvalue weighted by Crippen LogP contribution is 2.14. The highest BCUT2D eigenvalue weighted by atomic mass is 32.1. The van der Waals surface area contributed by atoms with E-state index in [1.54, 1.807) is 32.2 Å². The van der Waals surface area contributed by atoms with Gasteiger partial charge in [0.25, 0.3) is 5.91 Å². The van der Waals surface area contributed by atoms with Crippen molar-refractivity contribution in [1.29, 1.82) is 0 Å². The van der Waals surface area contributed by atoms with Crippen molar-refractivity contribution in [2.24, 2.45) is 0 Å². The minimum Gasteiger partial charge on any atom is -0.354 e. The summed E-state index contributed by atoms with van der Waals surface area (Å²) in [6.07, 6.45) is 2.55. The molecule has 0 spiro atoms. The Balaban J connectivity index is 2.53. The number of nitrogens with zero attached hydrogens (tertiary/aromatic N) is 2. The van der Waals surface area contributed by atoms with Crippen molar-refractivity contribution in [3.05, 3.63) is 16.1 Å². The van der Waals surface area contributed by atoms with Gasteiger partial charge in [-0.25, -0.2) is 4.98 Å². The zero-order chi connectivity index (χ0) is 12.1. The van der Waals surface area contributed by atoms with Gasteiger partial charge in [0.05, 0.1) is 11.2 Å². The van der Waals surface area contributed by atoms with Crippen LogP contribution in [0, 0.1) is 0 Å². The molecule has 0 bridgehead atoms. The van der Waals surface area contributed by atoms with E-state index in [4.69, 9.17) is 0 Å². The topological polar surface area (TPSA) is 62.3 Å². The molecule has 0 aromatic carbocycles. The summed E-state index contributed by atoms with van der Waals surface area (Å²) in [6, 6.07) is 0. The van der Waals surface area contributed by atoms with Crippen molar-refractivity contribution in [1.82, 2.24) is 15.2 Å². The van der Waals surface area contributed by atoms with Crippen LogP contribution in [0.1, 0.15) is 21.1 Å². The van der Waals surface area contributed by atoms with E-state index in [0.29, 0.717) is 17.7 Å². The molecule has 0 saturated heterocycles. The molecule has 1 N–H and O–H groups in total. The first-order valence-electron chi connectivity index (χ1n) is 4.91. The number of carbonyl (C=O) groups is 2. The summed E-state index contributed by atoms with van der Waals surface area (Å²) in [7, 11) is 5.03. The van der Waals surface area contributed by atoms with Gasteiger partial charge in [-0.3, -0.25) is 9.59 Å². The molecule has 5 nitrogen and oxygen atoms in total. The van der Waals surface area contributed by atoms with Crippen LogP contribution in [0.2, 0.25) is 0 Å². The normalized spacial score (nSPS) is 9.94. The first kappa shape index (κ1) is 12.6. The summed E-state index contributed by atoms with van der Waals surface area (Å²) >= 11 is 1.33. The second-order valence-corrected chi connectivity index (χ2v) is 4.60. The van der Waals surface area contributed by atoms with Crippen LogP contribution < -0.4 is 5.32 Å². The van der Waals surface area contributed by atoms with Crippen LogP contribution in [-0.2, 0) is 11.2 Å². The number of rotatable bonds is 4. The molecular formula is C10H15N3O2S. The van der Waals surface area contributed by atoms with Gasteiger partial charge in [0.2, 0.25) is 5.91 Å². The van der Waals surface area contributed by atoms with Crippen molar-refractivity contribution in [2.45, 2.75) is 12.8 Å². The number of thiazole rings is 1. The number of hydrogen-bond acceptors (Lipinski definition) is 4. The fraction of sp³-hybridized carbons (Fsp3) is 0.500. The molecule has 1 rings (SSSR count). The molecule has 2 amide bonds. The third-order valence-electron chi connectivity index (χ3n) is 2.06. The Morgan fingerprint density at radius 1 is 1.50 bits per heavy atom. The fourth-order valence-electron chi connectivity index (χ4n) is 1.09. The molecule has 6 heteroatoms. The summed E-state index contributed by atoms with van der Waals surface area (Å²) < 4.78 is 0. The summed E-state index contributed by atoms with van der Waals surface area (Å²) in [5, 5.41) is 3.35. The van der Waals surface area contributed by atoms with Gasteiger partial charge in [0.15, 0.2) is 0 Å². The smallest absolute Gasteiger partial charge is 0.262 e. The lowest BCUT2D eigenvalue weighted by Crippen LogP contribution is -2.21. The lowest BCUT2D eigenvalue weighted by molar-refractivity contribution is -0.128. The Bertz CT molecular complexity index is 387. The van der Waals surface area contributed by atoms with Crippen molar-refractivity contribution in [3.63, 3.8) is 0 Å². The summed E-state index contributed by atoms with van der Waals surface area (Å²) in [5.74, 6) is -0.0700. The molecule has 1 aromatic heterocycles. The maximum atomic E-state index is 11.3. The quantitative estimate of drug-likeness (QED) is 0.836. The Hall–Kier alpha value is -1.43. The Morgan fingerprint density at radius 3 is 2.75 bits per heavy atom. The van der Waals surface area contributed by atoms with Crippen molar-refractivity contribution < 1.29 is 9.59 Å². The molecule has 0 aliphatic carbocycles. The zero-order valence-electron chi connectivity index (χ0n) is 9.61. The number of nitrogens with one attached hydrogen (secondary N) is 1. The fourth-order valence-corrected chi connectivity index (χ4v) is 1.96. The van der Waals surface area contributed by atoms with Crippen molar-refractivity contribution in [3.8, 4) is 0 Å². The van der Waals surface area contributed by atoms with Gasteiger partial charge >= 0.3 is 0 Å². The van der Waals surface area contributed by atoms with Gasteiger partial charge in [-0.15, -0.1) is 11.3 Å². The molecule has 1 heterocycles. The number of carbonyl (C=O) groups excluding carboxylic acids is 2. The van der Waals surface area contributed by atoms with Gasteiger partial charge in [-0.05, 0) is 0 Å². The summed E-state index contributed by atoms with van der Waals surface area (Å²) in [4.78, 5) is 28.8. The lowest BCUT2D eigenvalue weighted by atomic mass is 10.3. The minimum absolute atomic E-state index is 0.0664. The largest absolute Gasteiger partial charge is 0.354 e. The van der Waals surface area contributed by atoms with Crippen LogP contribution in [0.25, 0.3) is 0 Å². The maximum Gasteiger partial charge on any atom is 0.262 e. The molecule has 1 aromatic rings. The van der Waals surface area contributed by atoms with Crippen molar-refractivity contribution >= 4 is 23.2 Å². The summed E-state index contributed by atoms with van der Waals surface area (Å²) in [6.45, 7) is 0. The number of amides is 2. The molecule has 0 aliphatic heterocycles. The van der Waals surface area contributed by atoms with E-state index < -0.39 is 0 Å². The average Bonchev–Trinajstić information content (AvgIpc) is 2.73. The monoisotopic (exact) mass is 241 g/mol. The second kappa shape index (κ2) is 5.60.